The Morgan fingerprint density at radius 3 is 2.68 bits per heavy atom. The van der Waals surface area contributed by atoms with E-state index in [-0.39, 0.29) is 0 Å². The minimum absolute atomic E-state index is 0.820. The van der Waals surface area contributed by atoms with Gasteiger partial charge in [-0.1, -0.05) is 28.9 Å². The van der Waals surface area contributed by atoms with Gasteiger partial charge in [-0.3, -0.25) is 0 Å². The van der Waals surface area contributed by atoms with Gasteiger partial charge in [-0.2, -0.15) is 0 Å². The molecule has 22 heavy (non-hydrogen) atoms. The van der Waals surface area contributed by atoms with Crippen LogP contribution in [0.3, 0.4) is 0 Å². The molecular weight excluding hydrogens is 342 g/mol. The second-order valence-electron chi connectivity index (χ2n) is 5.32. The third kappa shape index (κ3) is 3.75. The summed E-state index contributed by atoms with van der Waals surface area (Å²) in [6.07, 6.45) is 1.63. The lowest BCUT2D eigenvalue weighted by Gasteiger charge is -2.34. The molecule has 1 aliphatic rings. The van der Waals surface area contributed by atoms with Crippen molar-refractivity contribution in [3.8, 4) is 0 Å². The molecule has 0 radical (unpaired) electrons. The van der Waals surface area contributed by atoms with Gasteiger partial charge in [0.05, 0.1) is 0 Å². The van der Waals surface area contributed by atoms with E-state index in [0.717, 1.165) is 54.5 Å². The molecule has 0 amide bonds. The average Bonchev–Trinajstić information content (AvgIpc) is 2.55. The summed E-state index contributed by atoms with van der Waals surface area (Å²) in [5.41, 5.74) is 1.01. The van der Waals surface area contributed by atoms with Gasteiger partial charge in [0.2, 0.25) is 0 Å². The van der Waals surface area contributed by atoms with E-state index in [1.165, 1.54) is 0 Å². The number of hydrogen-bond acceptors (Lipinski definition) is 5. The molecule has 6 heteroatoms. The molecule has 1 aliphatic heterocycles. The summed E-state index contributed by atoms with van der Waals surface area (Å²) in [6, 6.07) is 10.1. The maximum Gasteiger partial charge on any atom is 0.135 e. The number of rotatable bonds is 4. The predicted octanol–water partition coefficient (Wildman–Crippen LogP) is 3.12. The average molecular weight is 362 g/mol. The van der Waals surface area contributed by atoms with Gasteiger partial charge in [-0.25, -0.2) is 9.97 Å². The van der Waals surface area contributed by atoms with E-state index in [9.17, 15) is 0 Å². The van der Waals surface area contributed by atoms with Crippen LogP contribution in [0.2, 0.25) is 0 Å². The maximum atomic E-state index is 4.42. The minimum atomic E-state index is 0.820. The highest BCUT2D eigenvalue weighted by Crippen LogP contribution is 2.21. The normalized spacial score (nSPS) is 15.8. The van der Waals surface area contributed by atoms with Gasteiger partial charge >= 0.3 is 0 Å². The molecular formula is C16H20BrN5. The van der Waals surface area contributed by atoms with Crippen molar-refractivity contribution in [3.63, 3.8) is 0 Å². The van der Waals surface area contributed by atoms with E-state index >= 15 is 0 Å². The summed E-state index contributed by atoms with van der Waals surface area (Å²) in [5, 5.41) is 3.33. The Morgan fingerprint density at radius 2 is 1.95 bits per heavy atom. The Labute approximate surface area is 139 Å². The van der Waals surface area contributed by atoms with Crippen LogP contribution in [-0.2, 0) is 0 Å². The van der Waals surface area contributed by atoms with E-state index in [0.29, 0.717) is 0 Å². The summed E-state index contributed by atoms with van der Waals surface area (Å²) in [6.45, 7) is 7.54. The number of nitrogens with zero attached hydrogens (tertiary/aromatic N) is 4. The van der Waals surface area contributed by atoms with E-state index in [4.69, 9.17) is 0 Å². The monoisotopic (exact) mass is 361 g/mol. The molecule has 5 nitrogen and oxygen atoms in total. The molecule has 1 aromatic heterocycles. The number of halogens is 1. The standard InChI is InChI=1S/C16H20BrN5/c1-2-21-6-8-22(9-7-21)16-11-15(18-12-19-16)20-14-5-3-4-13(17)10-14/h3-5,10-12H,2,6-9H2,1H3,(H,18,19,20). The van der Waals surface area contributed by atoms with Crippen molar-refractivity contribution in [3.05, 3.63) is 41.1 Å². The van der Waals surface area contributed by atoms with E-state index in [1.54, 1.807) is 6.33 Å². The van der Waals surface area contributed by atoms with Gasteiger partial charge in [0.25, 0.3) is 0 Å². The summed E-state index contributed by atoms with van der Waals surface area (Å²) in [5.74, 6) is 1.81. The molecule has 0 unspecified atom stereocenters. The van der Waals surface area contributed by atoms with Crippen LogP contribution in [0.4, 0.5) is 17.3 Å². The van der Waals surface area contributed by atoms with Crippen molar-refractivity contribution in [2.24, 2.45) is 0 Å². The second kappa shape index (κ2) is 7.07. The van der Waals surface area contributed by atoms with Crippen LogP contribution in [0.15, 0.2) is 41.1 Å². The first kappa shape index (κ1) is 15.2. The van der Waals surface area contributed by atoms with Crippen molar-refractivity contribution in [1.29, 1.82) is 0 Å². The Hall–Kier alpha value is -1.66. The smallest absolute Gasteiger partial charge is 0.135 e. The van der Waals surface area contributed by atoms with E-state index in [2.05, 4.69) is 47.9 Å². The first-order valence-electron chi connectivity index (χ1n) is 7.56. The van der Waals surface area contributed by atoms with Crippen LogP contribution in [0.1, 0.15) is 6.92 Å². The molecule has 1 fully saturated rings. The molecule has 1 saturated heterocycles. The van der Waals surface area contributed by atoms with Gasteiger partial charge in [-0.05, 0) is 24.7 Å². The number of likely N-dealkylation sites (N-methyl/N-ethyl adjacent to an activating group) is 1. The van der Waals surface area contributed by atoms with Crippen LogP contribution in [-0.4, -0.2) is 47.6 Å². The van der Waals surface area contributed by atoms with Crippen LogP contribution < -0.4 is 10.2 Å². The third-order valence-electron chi connectivity index (χ3n) is 3.89. The zero-order chi connectivity index (χ0) is 15.4. The number of piperazine rings is 1. The molecule has 0 aliphatic carbocycles. The number of anilines is 3. The van der Waals surface area contributed by atoms with Gasteiger partial charge in [-0.15, -0.1) is 0 Å². The minimum Gasteiger partial charge on any atom is -0.354 e. The first-order valence-corrected chi connectivity index (χ1v) is 8.36. The Morgan fingerprint density at radius 1 is 1.14 bits per heavy atom. The van der Waals surface area contributed by atoms with Gasteiger partial charge < -0.3 is 15.1 Å². The molecule has 116 valence electrons. The Balaban J connectivity index is 1.70. The Kier molecular flexibility index (Phi) is 4.90. The topological polar surface area (TPSA) is 44.3 Å². The fourth-order valence-corrected chi connectivity index (χ4v) is 2.99. The zero-order valence-electron chi connectivity index (χ0n) is 12.7. The molecule has 2 heterocycles. The van der Waals surface area contributed by atoms with E-state index < -0.39 is 0 Å². The van der Waals surface area contributed by atoms with Gasteiger partial charge in [0.15, 0.2) is 0 Å². The molecule has 3 rings (SSSR count). The molecule has 2 aromatic rings. The van der Waals surface area contributed by atoms with Crippen molar-refractivity contribution in [2.75, 3.05) is 42.9 Å². The molecule has 0 spiro atoms. The van der Waals surface area contributed by atoms with Crippen molar-refractivity contribution in [2.45, 2.75) is 6.92 Å². The lowest BCUT2D eigenvalue weighted by molar-refractivity contribution is 0.270. The molecule has 0 atom stereocenters. The van der Waals surface area contributed by atoms with Gasteiger partial charge in [0, 0.05) is 42.4 Å². The van der Waals surface area contributed by atoms with Crippen LogP contribution in [0, 0.1) is 0 Å². The fourth-order valence-electron chi connectivity index (χ4n) is 2.60. The van der Waals surface area contributed by atoms with Crippen molar-refractivity contribution in [1.82, 2.24) is 14.9 Å². The number of hydrogen-bond donors (Lipinski definition) is 1. The largest absolute Gasteiger partial charge is 0.354 e. The lowest BCUT2D eigenvalue weighted by Crippen LogP contribution is -2.46. The van der Waals surface area contributed by atoms with Crippen LogP contribution in [0.25, 0.3) is 0 Å². The maximum absolute atomic E-state index is 4.42. The molecule has 0 saturated carbocycles. The molecule has 0 bridgehead atoms. The van der Waals surface area contributed by atoms with Crippen molar-refractivity contribution >= 4 is 33.3 Å². The SMILES string of the molecule is CCN1CCN(c2cc(Nc3cccc(Br)c3)ncn2)CC1. The van der Waals surface area contributed by atoms with Crippen molar-refractivity contribution < 1.29 is 0 Å². The number of aromatic nitrogens is 2. The molecule has 1 N–H and O–H groups in total. The van der Waals surface area contributed by atoms with Gasteiger partial charge in [0.1, 0.15) is 18.0 Å². The first-order chi connectivity index (χ1) is 10.7. The summed E-state index contributed by atoms with van der Waals surface area (Å²) < 4.78 is 1.04. The second-order valence-corrected chi connectivity index (χ2v) is 6.23. The van der Waals surface area contributed by atoms with E-state index in [1.807, 2.05) is 30.3 Å². The fraction of sp³-hybridized carbons (Fsp3) is 0.375. The molecule has 1 aromatic carbocycles. The number of nitrogens with one attached hydrogen (secondary N) is 1. The quantitative estimate of drug-likeness (QED) is 0.906. The highest BCUT2D eigenvalue weighted by molar-refractivity contribution is 9.10. The predicted molar refractivity (Wildman–Crippen MR) is 93.8 cm³/mol. The lowest BCUT2D eigenvalue weighted by atomic mass is 10.3. The zero-order valence-corrected chi connectivity index (χ0v) is 14.3. The summed E-state index contributed by atoms with van der Waals surface area (Å²) in [7, 11) is 0. The van der Waals surface area contributed by atoms with Crippen LogP contribution in [0.5, 0.6) is 0 Å². The van der Waals surface area contributed by atoms with Crippen LogP contribution >= 0.6 is 15.9 Å². The highest BCUT2D eigenvalue weighted by Gasteiger charge is 2.17. The highest BCUT2D eigenvalue weighted by atomic mass is 79.9. The third-order valence-corrected chi connectivity index (χ3v) is 4.39. The Bertz CT molecular complexity index is 625. The summed E-state index contributed by atoms with van der Waals surface area (Å²) in [4.78, 5) is 13.5. The number of benzene rings is 1. The summed E-state index contributed by atoms with van der Waals surface area (Å²) >= 11 is 3.48.